The monoisotopic (exact) mass is 476 g/mol. The van der Waals surface area contributed by atoms with Crippen LogP contribution in [0.15, 0.2) is 27.9 Å². The summed E-state index contributed by atoms with van der Waals surface area (Å²) in [7, 11) is 0. The highest BCUT2D eigenvalue weighted by atomic mass is 32.2. The van der Waals surface area contributed by atoms with Crippen LogP contribution in [0.3, 0.4) is 0 Å². The minimum Gasteiger partial charge on any atom is -0.484 e. The maximum Gasteiger partial charge on any atom is 0.422 e. The summed E-state index contributed by atoms with van der Waals surface area (Å²) in [4.78, 5) is 31.9. The lowest BCUT2D eigenvalue weighted by Gasteiger charge is -2.08. The third kappa shape index (κ3) is 6.31. The van der Waals surface area contributed by atoms with Gasteiger partial charge in [0, 0.05) is 5.38 Å². The molecular weight excluding hydrogens is 461 g/mol. The molecule has 0 aliphatic heterocycles. The van der Waals surface area contributed by atoms with Crippen LogP contribution in [0, 0.1) is 0 Å². The maximum absolute atomic E-state index is 12.3. The van der Waals surface area contributed by atoms with Crippen LogP contribution in [0.4, 0.5) is 18.3 Å². The van der Waals surface area contributed by atoms with Gasteiger partial charge in [0.2, 0.25) is 11.8 Å². The van der Waals surface area contributed by atoms with E-state index in [1.807, 2.05) is 0 Å². The first-order valence-electron chi connectivity index (χ1n) is 8.39. The zero-order valence-corrected chi connectivity index (χ0v) is 17.8. The number of thioether (sulfide) groups is 1. The highest BCUT2D eigenvalue weighted by Gasteiger charge is 2.28. The van der Waals surface area contributed by atoms with E-state index in [0.717, 1.165) is 11.3 Å². The predicted molar refractivity (Wildman–Crippen MR) is 110 cm³/mol. The van der Waals surface area contributed by atoms with Gasteiger partial charge in [-0.2, -0.15) is 13.2 Å². The van der Waals surface area contributed by atoms with Crippen LogP contribution >= 0.6 is 34.4 Å². The lowest BCUT2D eigenvalue weighted by molar-refractivity contribution is -0.153. The number of ether oxygens (including phenoxy) is 1. The molecule has 3 aromatic rings. The molecule has 160 valence electrons. The molecule has 0 fully saturated rings. The van der Waals surface area contributed by atoms with Gasteiger partial charge in [-0.15, -0.1) is 11.3 Å². The highest BCUT2D eigenvalue weighted by Crippen LogP contribution is 2.30. The molecule has 0 spiro atoms. The van der Waals surface area contributed by atoms with Gasteiger partial charge in [0.15, 0.2) is 16.1 Å². The van der Waals surface area contributed by atoms with Crippen molar-refractivity contribution in [1.82, 2.24) is 9.97 Å². The quantitative estimate of drug-likeness (QED) is 0.479. The van der Waals surface area contributed by atoms with E-state index in [1.165, 1.54) is 41.3 Å². The second-order valence-corrected chi connectivity index (χ2v) is 9.52. The first-order valence-corrected chi connectivity index (χ1v) is 11.0. The lowest BCUT2D eigenvalue weighted by atomic mass is 10.3. The Bertz CT molecular complexity index is 1070. The molecule has 0 aliphatic carbocycles. The maximum atomic E-state index is 12.3. The van der Waals surface area contributed by atoms with E-state index >= 15 is 0 Å². The number of primary amides is 1. The average Bonchev–Trinajstić information content (AvgIpc) is 3.24. The Morgan fingerprint density at radius 3 is 2.80 bits per heavy atom. The number of hydrogen-bond donors (Lipinski definition) is 2. The molecule has 3 N–H and O–H groups in total. The van der Waals surface area contributed by atoms with Crippen molar-refractivity contribution in [3.63, 3.8) is 0 Å². The Balaban J connectivity index is 1.60. The van der Waals surface area contributed by atoms with Crippen molar-refractivity contribution in [3.05, 3.63) is 29.3 Å². The number of anilines is 1. The SMILES string of the molecule is CC(Sc1nc(CC(=O)Nc2nc3ccc(OCC(F)(F)F)cc3s2)cs1)C(N)=O. The summed E-state index contributed by atoms with van der Waals surface area (Å²) in [5, 5.41) is 4.27. The van der Waals surface area contributed by atoms with Crippen molar-refractivity contribution in [1.29, 1.82) is 0 Å². The third-order valence-electron chi connectivity index (χ3n) is 3.56. The van der Waals surface area contributed by atoms with Crippen LogP contribution in [-0.2, 0) is 16.0 Å². The fourth-order valence-electron chi connectivity index (χ4n) is 2.17. The van der Waals surface area contributed by atoms with Gasteiger partial charge in [-0.25, -0.2) is 9.97 Å². The van der Waals surface area contributed by atoms with Crippen molar-refractivity contribution in [2.45, 2.75) is 29.1 Å². The standard InChI is InChI=1S/C17H15F3N4O3S3/c1-8(14(21)26)29-16-22-9(6-28-16)4-13(25)24-15-23-11-3-2-10(5-12(11)30-15)27-7-17(18,19)20/h2-3,5-6,8H,4,7H2,1H3,(H2,21,26)(H,23,24,25). The zero-order valence-electron chi connectivity index (χ0n) is 15.4. The van der Waals surface area contributed by atoms with E-state index in [1.54, 1.807) is 12.3 Å². The number of hydrogen-bond acceptors (Lipinski definition) is 8. The Morgan fingerprint density at radius 1 is 1.33 bits per heavy atom. The molecule has 0 radical (unpaired) electrons. The number of thiazole rings is 2. The van der Waals surface area contributed by atoms with E-state index in [2.05, 4.69) is 15.3 Å². The van der Waals surface area contributed by atoms with E-state index in [0.29, 0.717) is 25.4 Å². The molecule has 0 saturated carbocycles. The Morgan fingerprint density at radius 2 is 2.10 bits per heavy atom. The van der Waals surface area contributed by atoms with E-state index < -0.39 is 23.9 Å². The number of carbonyl (C=O) groups excluding carboxylic acids is 2. The molecule has 2 heterocycles. The van der Waals surface area contributed by atoms with Crippen molar-refractivity contribution >= 4 is 61.6 Å². The molecule has 2 amide bonds. The fraction of sp³-hybridized carbons (Fsp3) is 0.294. The van der Waals surface area contributed by atoms with Gasteiger partial charge in [0.25, 0.3) is 0 Å². The summed E-state index contributed by atoms with van der Waals surface area (Å²) in [5.74, 6) is -0.719. The van der Waals surface area contributed by atoms with E-state index in [-0.39, 0.29) is 18.1 Å². The topological polar surface area (TPSA) is 107 Å². The van der Waals surface area contributed by atoms with Crippen LogP contribution in [0.5, 0.6) is 5.75 Å². The number of alkyl halides is 3. The van der Waals surface area contributed by atoms with E-state index in [4.69, 9.17) is 10.5 Å². The third-order valence-corrected chi connectivity index (χ3v) is 6.63. The van der Waals surface area contributed by atoms with Crippen LogP contribution in [0.2, 0.25) is 0 Å². The molecule has 0 saturated heterocycles. The number of nitrogens with zero attached hydrogens (tertiary/aromatic N) is 2. The highest BCUT2D eigenvalue weighted by molar-refractivity contribution is 8.02. The number of carbonyl (C=O) groups is 2. The molecule has 3 rings (SSSR count). The average molecular weight is 477 g/mol. The van der Waals surface area contributed by atoms with Gasteiger partial charge in [-0.3, -0.25) is 9.59 Å². The number of nitrogens with one attached hydrogen (secondary N) is 1. The molecule has 13 heteroatoms. The summed E-state index contributed by atoms with van der Waals surface area (Å²) in [6.45, 7) is 0.292. The summed E-state index contributed by atoms with van der Waals surface area (Å²) >= 11 is 3.66. The van der Waals surface area contributed by atoms with Gasteiger partial charge >= 0.3 is 6.18 Å². The number of nitrogens with two attached hydrogens (primary N) is 1. The Labute approximate surface area is 180 Å². The van der Waals surface area contributed by atoms with Crippen LogP contribution < -0.4 is 15.8 Å². The van der Waals surface area contributed by atoms with Crippen LogP contribution in [-0.4, -0.2) is 39.8 Å². The predicted octanol–water partition coefficient (Wildman–Crippen LogP) is 3.84. The molecule has 30 heavy (non-hydrogen) atoms. The van der Waals surface area contributed by atoms with Crippen molar-refractivity contribution in [2.24, 2.45) is 5.73 Å². The molecule has 1 atom stereocenters. The Hall–Kier alpha value is -2.38. The number of aromatic nitrogens is 2. The minimum absolute atomic E-state index is 0.0118. The molecule has 0 bridgehead atoms. The summed E-state index contributed by atoms with van der Waals surface area (Å²) in [5.41, 5.74) is 6.30. The molecule has 1 aromatic carbocycles. The Kier molecular flexibility index (Phi) is 6.83. The van der Waals surface area contributed by atoms with Crippen LogP contribution in [0.25, 0.3) is 10.2 Å². The van der Waals surface area contributed by atoms with Gasteiger partial charge in [-0.1, -0.05) is 23.1 Å². The smallest absolute Gasteiger partial charge is 0.422 e. The molecule has 1 unspecified atom stereocenters. The van der Waals surface area contributed by atoms with Gasteiger partial charge in [0.1, 0.15) is 5.75 Å². The molecule has 7 nitrogen and oxygen atoms in total. The summed E-state index contributed by atoms with van der Waals surface area (Å²) in [6, 6.07) is 4.36. The number of fused-ring (bicyclic) bond motifs is 1. The normalized spacial score (nSPS) is 12.7. The summed E-state index contributed by atoms with van der Waals surface area (Å²) in [6.07, 6.45) is -4.41. The molecule has 0 aliphatic rings. The number of benzene rings is 1. The molecule has 2 aromatic heterocycles. The summed E-state index contributed by atoms with van der Waals surface area (Å²) < 4.78 is 42.8. The van der Waals surface area contributed by atoms with Gasteiger partial charge < -0.3 is 15.8 Å². The fourth-order valence-corrected chi connectivity index (χ4v) is 5.02. The van der Waals surface area contributed by atoms with E-state index in [9.17, 15) is 22.8 Å². The number of amides is 2. The lowest BCUT2D eigenvalue weighted by Crippen LogP contribution is -2.22. The van der Waals surface area contributed by atoms with Gasteiger partial charge in [-0.05, 0) is 25.1 Å². The second-order valence-electron chi connectivity index (χ2n) is 6.04. The largest absolute Gasteiger partial charge is 0.484 e. The second kappa shape index (κ2) is 9.18. The minimum atomic E-state index is -4.42. The number of rotatable bonds is 8. The number of halogens is 3. The first kappa shape index (κ1) is 22.3. The first-order chi connectivity index (χ1) is 14.1. The van der Waals surface area contributed by atoms with Crippen molar-refractivity contribution in [2.75, 3.05) is 11.9 Å². The van der Waals surface area contributed by atoms with Gasteiger partial charge in [0.05, 0.1) is 27.6 Å². The van der Waals surface area contributed by atoms with Crippen molar-refractivity contribution in [3.8, 4) is 5.75 Å². The zero-order chi connectivity index (χ0) is 21.9. The van der Waals surface area contributed by atoms with Crippen molar-refractivity contribution < 1.29 is 27.5 Å². The van der Waals surface area contributed by atoms with Crippen LogP contribution in [0.1, 0.15) is 12.6 Å². The molecular formula is C17H15F3N4O3S3.